The first-order valence-electron chi connectivity index (χ1n) is 7.27. The van der Waals surface area contributed by atoms with Crippen molar-refractivity contribution in [3.05, 3.63) is 48.2 Å². The van der Waals surface area contributed by atoms with Crippen molar-refractivity contribution in [1.29, 1.82) is 0 Å². The molecule has 1 fully saturated rings. The number of pyridine rings is 1. The van der Waals surface area contributed by atoms with Crippen molar-refractivity contribution in [1.82, 2.24) is 4.98 Å². The summed E-state index contributed by atoms with van der Waals surface area (Å²) < 4.78 is 12.2. The predicted molar refractivity (Wildman–Crippen MR) is 83.9 cm³/mol. The molecule has 0 aliphatic carbocycles. The third kappa shape index (κ3) is 2.01. The van der Waals surface area contributed by atoms with Gasteiger partial charge in [-0.15, -0.1) is 0 Å². The number of hydrogen-bond donors (Lipinski definition) is 0. The van der Waals surface area contributed by atoms with E-state index in [1.807, 2.05) is 12.1 Å². The monoisotopic (exact) mass is 283 g/mol. The third-order valence-corrected chi connectivity index (χ3v) is 6.43. The van der Waals surface area contributed by atoms with Crippen molar-refractivity contribution in [3.8, 4) is 0 Å². The van der Waals surface area contributed by atoms with Crippen LogP contribution in [-0.2, 0) is 10.8 Å². The van der Waals surface area contributed by atoms with Crippen LogP contribution in [0, 0.1) is 0 Å². The zero-order chi connectivity index (χ0) is 13.5. The standard InChI is InChI=1S/C17H17NOS/c19-20-14-5-3-6-15(20)11-13(10-14)17-9-8-12-4-1-2-7-16(12)18-17/h1-2,4,7-10,14-15H,3,5-6,11H2. The lowest BCUT2D eigenvalue weighted by atomic mass is 9.95. The lowest BCUT2D eigenvalue weighted by molar-refractivity contribution is 0.579. The minimum absolute atomic E-state index is 0.255. The van der Waals surface area contributed by atoms with Gasteiger partial charge in [-0.25, -0.2) is 4.98 Å². The highest BCUT2D eigenvalue weighted by Gasteiger charge is 2.33. The Morgan fingerprint density at radius 3 is 2.90 bits per heavy atom. The zero-order valence-corrected chi connectivity index (χ0v) is 12.1. The third-order valence-electron chi connectivity index (χ3n) is 4.40. The van der Waals surface area contributed by atoms with Gasteiger partial charge in [-0.2, -0.15) is 0 Å². The molecule has 0 radical (unpaired) electrons. The van der Waals surface area contributed by atoms with Gasteiger partial charge in [0.05, 0.1) is 16.5 Å². The molecule has 2 aromatic rings. The molecule has 1 saturated heterocycles. The molecule has 1 aromatic carbocycles. The van der Waals surface area contributed by atoms with Gasteiger partial charge in [-0.05, 0) is 37.0 Å². The SMILES string of the molecule is O=S1C2C=C(c3ccc4ccccc4n3)CC1CCC2. The highest BCUT2D eigenvalue weighted by molar-refractivity contribution is 7.86. The largest absolute Gasteiger partial charge is 0.259 e. The van der Waals surface area contributed by atoms with Gasteiger partial charge < -0.3 is 0 Å². The molecule has 0 amide bonds. The average Bonchev–Trinajstić information content (AvgIpc) is 2.46. The number of aromatic nitrogens is 1. The van der Waals surface area contributed by atoms with E-state index in [9.17, 15) is 4.21 Å². The molecule has 3 unspecified atom stereocenters. The van der Waals surface area contributed by atoms with Crippen LogP contribution in [0.15, 0.2) is 42.5 Å². The van der Waals surface area contributed by atoms with E-state index >= 15 is 0 Å². The zero-order valence-electron chi connectivity index (χ0n) is 11.3. The summed E-state index contributed by atoms with van der Waals surface area (Å²) in [7, 11) is -0.662. The maximum Gasteiger partial charge on any atom is 0.0709 e. The van der Waals surface area contributed by atoms with Gasteiger partial charge in [0.15, 0.2) is 0 Å². The van der Waals surface area contributed by atoms with Gasteiger partial charge in [-0.1, -0.05) is 36.8 Å². The Kier molecular flexibility index (Phi) is 2.95. The molecule has 0 spiro atoms. The molecule has 4 rings (SSSR count). The second kappa shape index (κ2) is 4.81. The molecule has 3 heterocycles. The Labute approximate surface area is 121 Å². The van der Waals surface area contributed by atoms with Crippen LogP contribution in [-0.4, -0.2) is 19.7 Å². The van der Waals surface area contributed by atoms with Gasteiger partial charge >= 0.3 is 0 Å². The van der Waals surface area contributed by atoms with E-state index in [-0.39, 0.29) is 5.25 Å². The Balaban J connectivity index is 1.77. The fraction of sp³-hybridized carbons (Fsp3) is 0.353. The van der Waals surface area contributed by atoms with Crippen LogP contribution in [0.3, 0.4) is 0 Å². The summed E-state index contributed by atoms with van der Waals surface area (Å²) in [6, 6.07) is 12.5. The van der Waals surface area contributed by atoms with E-state index in [4.69, 9.17) is 4.98 Å². The molecule has 0 saturated carbocycles. The number of benzene rings is 1. The summed E-state index contributed by atoms with van der Waals surface area (Å²) in [5.74, 6) is 0. The van der Waals surface area contributed by atoms with Crippen molar-refractivity contribution < 1.29 is 4.21 Å². The van der Waals surface area contributed by atoms with Gasteiger partial charge in [0.25, 0.3) is 0 Å². The topological polar surface area (TPSA) is 30.0 Å². The highest BCUT2D eigenvalue weighted by atomic mass is 32.2. The maximum absolute atomic E-state index is 12.2. The van der Waals surface area contributed by atoms with Gasteiger partial charge in [0, 0.05) is 21.4 Å². The van der Waals surface area contributed by atoms with Crippen LogP contribution in [0.25, 0.3) is 16.5 Å². The Hall–Kier alpha value is -1.48. The molecular weight excluding hydrogens is 266 g/mol. The van der Waals surface area contributed by atoms with E-state index in [2.05, 4.69) is 30.3 Å². The summed E-state index contributed by atoms with van der Waals surface area (Å²) in [6.45, 7) is 0. The van der Waals surface area contributed by atoms with Gasteiger partial charge in [-0.3, -0.25) is 4.21 Å². The van der Waals surface area contributed by atoms with Crippen LogP contribution in [0.4, 0.5) is 0 Å². The molecule has 3 heteroatoms. The molecule has 2 bridgehead atoms. The maximum atomic E-state index is 12.2. The van der Waals surface area contributed by atoms with E-state index in [0.717, 1.165) is 30.5 Å². The quantitative estimate of drug-likeness (QED) is 0.799. The molecule has 20 heavy (non-hydrogen) atoms. The lowest BCUT2D eigenvalue weighted by Gasteiger charge is -2.32. The molecule has 2 aliphatic rings. The van der Waals surface area contributed by atoms with Gasteiger partial charge in [0.2, 0.25) is 0 Å². The van der Waals surface area contributed by atoms with Crippen LogP contribution in [0.5, 0.6) is 0 Å². The normalized spacial score (nSPS) is 29.2. The smallest absolute Gasteiger partial charge is 0.0709 e. The van der Waals surface area contributed by atoms with Crippen LogP contribution < -0.4 is 0 Å². The van der Waals surface area contributed by atoms with Crippen molar-refractivity contribution in [2.24, 2.45) is 0 Å². The first-order valence-corrected chi connectivity index (χ1v) is 8.55. The van der Waals surface area contributed by atoms with E-state index < -0.39 is 10.8 Å². The second-order valence-electron chi connectivity index (χ2n) is 5.71. The number of para-hydroxylation sites is 1. The van der Waals surface area contributed by atoms with Crippen LogP contribution in [0.2, 0.25) is 0 Å². The molecule has 3 atom stereocenters. The molecule has 102 valence electrons. The van der Waals surface area contributed by atoms with Crippen LogP contribution >= 0.6 is 0 Å². The molecule has 0 N–H and O–H groups in total. The second-order valence-corrected chi connectivity index (χ2v) is 7.63. The molecule has 2 aliphatic heterocycles. The summed E-state index contributed by atoms with van der Waals surface area (Å²) in [5.41, 5.74) is 3.41. The number of hydrogen-bond acceptors (Lipinski definition) is 2. The Morgan fingerprint density at radius 1 is 1.10 bits per heavy atom. The summed E-state index contributed by atoms with van der Waals surface area (Å²) >= 11 is 0. The fourth-order valence-electron chi connectivity index (χ4n) is 3.33. The minimum Gasteiger partial charge on any atom is -0.259 e. The molecule has 2 nitrogen and oxygen atoms in total. The average molecular weight is 283 g/mol. The van der Waals surface area contributed by atoms with Crippen molar-refractivity contribution in [3.63, 3.8) is 0 Å². The fourth-order valence-corrected chi connectivity index (χ4v) is 5.27. The van der Waals surface area contributed by atoms with Crippen LogP contribution in [0.1, 0.15) is 31.4 Å². The highest BCUT2D eigenvalue weighted by Crippen LogP contribution is 2.36. The Bertz CT molecular complexity index is 722. The first-order chi connectivity index (χ1) is 9.81. The minimum atomic E-state index is -0.662. The lowest BCUT2D eigenvalue weighted by Crippen LogP contribution is -2.33. The van der Waals surface area contributed by atoms with E-state index in [0.29, 0.717) is 5.25 Å². The van der Waals surface area contributed by atoms with Crippen molar-refractivity contribution >= 4 is 27.3 Å². The molecule has 1 aromatic heterocycles. The van der Waals surface area contributed by atoms with Crippen molar-refractivity contribution in [2.75, 3.05) is 0 Å². The van der Waals surface area contributed by atoms with E-state index in [1.54, 1.807) is 0 Å². The number of rotatable bonds is 1. The van der Waals surface area contributed by atoms with E-state index in [1.165, 1.54) is 17.4 Å². The first kappa shape index (κ1) is 12.3. The summed E-state index contributed by atoms with van der Waals surface area (Å²) in [4.78, 5) is 4.78. The summed E-state index contributed by atoms with van der Waals surface area (Å²) in [5, 5.41) is 1.78. The van der Waals surface area contributed by atoms with Crippen molar-refractivity contribution in [2.45, 2.75) is 36.2 Å². The number of nitrogens with zero attached hydrogens (tertiary/aromatic N) is 1. The number of allylic oxidation sites excluding steroid dienone is 1. The number of fused-ring (bicyclic) bond motifs is 3. The summed E-state index contributed by atoms with van der Waals surface area (Å²) in [6.07, 6.45) is 6.54. The predicted octanol–water partition coefficient (Wildman–Crippen LogP) is 3.69. The molecular formula is C17H17NOS. The Morgan fingerprint density at radius 2 is 2.00 bits per heavy atom. The van der Waals surface area contributed by atoms with Gasteiger partial charge in [0.1, 0.15) is 0 Å².